The van der Waals surface area contributed by atoms with E-state index in [1.165, 1.54) is 6.42 Å². The summed E-state index contributed by atoms with van der Waals surface area (Å²) in [7, 11) is 1.70. The van der Waals surface area contributed by atoms with Gasteiger partial charge in [-0.2, -0.15) is 0 Å². The quantitative estimate of drug-likeness (QED) is 0.544. The zero-order valence-electron chi connectivity index (χ0n) is 18.0. The molecular weight excluding hydrogens is 364 g/mol. The van der Waals surface area contributed by atoms with E-state index >= 15 is 0 Å². The van der Waals surface area contributed by atoms with Crippen molar-refractivity contribution in [1.29, 1.82) is 0 Å². The number of imidazole rings is 1. The van der Waals surface area contributed by atoms with Crippen LogP contribution >= 0.6 is 0 Å². The van der Waals surface area contributed by atoms with Gasteiger partial charge in [0.1, 0.15) is 5.84 Å². The first-order valence-corrected chi connectivity index (χ1v) is 10.2. The molecule has 0 bridgehead atoms. The zero-order valence-corrected chi connectivity index (χ0v) is 18.0. The van der Waals surface area contributed by atoms with Crippen molar-refractivity contribution in [2.45, 2.75) is 46.1 Å². The van der Waals surface area contributed by atoms with E-state index in [0.29, 0.717) is 11.5 Å². The van der Waals surface area contributed by atoms with Gasteiger partial charge >= 0.3 is 5.69 Å². The maximum absolute atomic E-state index is 12.4. The van der Waals surface area contributed by atoms with E-state index in [9.17, 15) is 4.79 Å². The van der Waals surface area contributed by atoms with Gasteiger partial charge < -0.3 is 20.9 Å². The molecule has 1 aromatic heterocycles. The highest BCUT2D eigenvalue weighted by molar-refractivity contribution is 5.98. The van der Waals surface area contributed by atoms with Crippen molar-refractivity contribution in [3.05, 3.63) is 58.9 Å². The SMILES string of the molecule is C=CNC(=NC)/C(N)=C(\C)N1CCC(n2c(=O)[nH]c3ccccc32)CC1.CCC. The summed E-state index contributed by atoms with van der Waals surface area (Å²) in [4.78, 5) is 21.8. The number of aromatic amines is 1. The molecule has 1 aliphatic rings. The van der Waals surface area contributed by atoms with Crippen molar-refractivity contribution in [1.82, 2.24) is 19.8 Å². The molecule has 0 amide bonds. The summed E-state index contributed by atoms with van der Waals surface area (Å²) in [6, 6.07) is 8.02. The van der Waals surface area contributed by atoms with Crippen LogP contribution in [-0.2, 0) is 0 Å². The minimum atomic E-state index is -0.0352. The van der Waals surface area contributed by atoms with Crippen LogP contribution in [0.4, 0.5) is 0 Å². The Hall–Kier alpha value is -2.96. The maximum Gasteiger partial charge on any atom is 0.326 e. The predicted octanol–water partition coefficient (Wildman–Crippen LogP) is 3.33. The number of nitrogens with two attached hydrogens (primary N) is 1. The van der Waals surface area contributed by atoms with Crippen molar-refractivity contribution in [2.24, 2.45) is 10.7 Å². The van der Waals surface area contributed by atoms with E-state index in [0.717, 1.165) is 42.7 Å². The number of hydrogen-bond acceptors (Lipinski definition) is 4. The summed E-state index contributed by atoms with van der Waals surface area (Å²) < 4.78 is 1.90. The molecule has 7 heteroatoms. The molecule has 2 heterocycles. The topological polar surface area (TPSA) is 91.4 Å². The number of allylic oxidation sites excluding steroid dienone is 1. The predicted molar refractivity (Wildman–Crippen MR) is 122 cm³/mol. The van der Waals surface area contributed by atoms with Gasteiger partial charge in [-0.1, -0.05) is 39.0 Å². The largest absolute Gasteiger partial charge is 0.394 e. The van der Waals surface area contributed by atoms with Crippen LogP contribution in [0, 0.1) is 0 Å². The third-order valence-electron chi connectivity index (χ3n) is 5.04. The number of hydrogen-bond donors (Lipinski definition) is 3. The van der Waals surface area contributed by atoms with Crippen LogP contribution < -0.4 is 16.7 Å². The first-order valence-electron chi connectivity index (χ1n) is 10.2. The van der Waals surface area contributed by atoms with Gasteiger partial charge in [-0.05, 0) is 38.1 Å². The third-order valence-corrected chi connectivity index (χ3v) is 5.04. The Kier molecular flexibility index (Phi) is 8.12. The first-order chi connectivity index (χ1) is 14.0. The molecule has 1 aliphatic heterocycles. The summed E-state index contributed by atoms with van der Waals surface area (Å²) in [6.45, 7) is 11.6. The molecule has 0 aliphatic carbocycles. The number of fused-ring (bicyclic) bond motifs is 1. The lowest BCUT2D eigenvalue weighted by molar-refractivity contribution is 0.227. The van der Waals surface area contributed by atoms with Crippen LogP contribution in [-0.4, -0.2) is 40.4 Å². The van der Waals surface area contributed by atoms with E-state index in [-0.39, 0.29) is 11.7 Å². The van der Waals surface area contributed by atoms with Gasteiger partial charge in [-0.15, -0.1) is 0 Å². The Balaban J connectivity index is 0.000000941. The van der Waals surface area contributed by atoms with E-state index in [4.69, 9.17) is 5.73 Å². The lowest BCUT2D eigenvalue weighted by Crippen LogP contribution is -2.38. The summed E-state index contributed by atoms with van der Waals surface area (Å²) >= 11 is 0. The Labute approximate surface area is 173 Å². The van der Waals surface area contributed by atoms with Gasteiger partial charge in [0.15, 0.2) is 0 Å². The molecule has 0 unspecified atom stereocenters. The molecule has 0 spiro atoms. The summed E-state index contributed by atoms with van der Waals surface area (Å²) in [6.07, 6.45) is 4.60. The van der Waals surface area contributed by atoms with Crippen LogP contribution in [0.2, 0.25) is 0 Å². The second-order valence-corrected chi connectivity index (χ2v) is 7.16. The fourth-order valence-corrected chi connectivity index (χ4v) is 3.60. The van der Waals surface area contributed by atoms with Crippen molar-refractivity contribution in [2.75, 3.05) is 20.1 Å². The summed E-state index contributed by atoms with van der Waals surface area (Å²) in [5.74, 6) is 0.618. The maximum atomic E-state index is 12.4. The number of aliphatic imine (C=N–C) groups is 1. The second kappa shape index (κ2) is 10.5. The number of nitrogens with one attached hydrogen (secondary N) is 2. The van der Waals surface area contributed by atoms with Crippen LogP contribution in [0.15, 0.2) is 58.2 Å². The average Bonchev–Trinajstić information content (AvgIpc) is 3.07. The van der Waals surface area contributed by atoms with Gasteiger partial charge in [0.25, 0.3) is 0 Å². The molecule has 1 fully saturated rings. The summed E-state index contributed by atoms with van der Waals surface area (Å²) in [5.41, 5.74) is 9.69. The van der Waals surface area contributed by atoms with Gasteiger partial charge in [-0.3, -0.25) is 9.56 Å². The second-order valence-electron chi connectivity index (χ2n) is 7.16. The van der Waals surface area contributed by atoms with E-state index in [1.807, 2.05) is 35.8 Å². The molecule has 1 saturated heterocycles. The molecule has 7 nitrogen and oxygen atoms in total. The molecule has 0 atom stereocenters. The average molecular weight is 399 g/mol. The Morgan fingerprint density at radius 1 is 1.34 bits per heavy atom. The number of piperidine rings is 1. The van der Waals surface area contributed by atoms with E-state index in [1.54, 1.807) is 13.2 Å². The molecular formula is C22H34N6O. The number of amidine groups is 1. The minimum Gasteiger partial charge on any atom is -0.394 e. The highest BCUT2D eigenvalue weighted by Crippen LogP contribution is 2.26. The molecule has 158 valence electrons. The minimum absolute atomic E-state index is 0.0352. The lowest BCUT2D eigenvalue weighted by Gasteiger charge is -2.35. The van der Waals surface area contributed by atoms with Crippen molar-refractivity contribution in [3.8, 4) is 0 Å². The van der Waals surface area contributed by atoms with Crippen LogP contribution in [0.3, 0.4) is 0 Å². The zero-order chi connectivity index (χ0) is 21.4. The molecule has 0 radical (unpaired) electrons. The summed E-state index contributed by atoms with van der Waals surface area (Å²) in [5, 5.41) is 2.97. The van der Waals surface area contributed by atoms with Gasteiger partial charge in [-0.25, -0.2) is 4.79 Å². The number of rotatable bonds is 4. The van der Waals surface area contributed by atoms with Crippen molar-refractivity contribution < 1.29 is 0 Å². The smallest absolute Gasteiger partial charge is 0.326 e. The molecule has 1 aromatic carbocycles. The van der Waals surface area contributed by atoms with Gasteiger partial charge in [0.05, 0.1) is 16.7 Å². The number of nitrogens with zero attached hydrogens (tertiary/aromatic N) is 3. The van der Waals surface area contributed by atoms with Crippen LogP contribution in [0.25, 0.3) is 11.0 Å². The number of benzene rings is 1. The molecule has 29 heavy (non-hydrogen) atoms. The monoisotopic (exact) mass is 398 g/mol. The molecule has 3 rings (SSSR count). The molecule has 0 saturated carbocycles. The Morgan fingerprint density at radius 2 is 1.97 bits per heavy atom. The number of para-hydroxylation sites is 2. The van der Waals surface area contributed by atoms with E-state index < -0.39 is 0 Å². The third kappa shape index (κ3) is 5.10. The normalized spacial score (nSPS) is 16.1. The van der Waals surface area contributed by atoms with Crippen LogP contribution in [0.5, 0.6) is 0 Å². The fourth-order valence-electron chi connectivity index (χ4n) is 3.60. The molecule has 2 aromatic rings. The Morgan fingerprint density at radius 3 is 2.55 bits per heavy atom. The highest BCUT2D eigenvalue weighted by atomic mass is 16.1. The van der Waals surface area contributed by atoms with Gasteiger partial charge in [0.2, 0.25) is 0 Å². The Bertz CT molecular complexity index is 928. The van der Waals surface area contributed by atoms with E-state index in [2.05, 4.69) is 40.6 Å². The molecule has 4 N–H and O–H groups in total. The van der Waals surface area contributed by atoms with Crippen LogP contribution in [0.1, 0.15) is 46.1 Å². The fraction of sp³-hybridized carbons (Fsp3) is 0.455. The standard InChI is InChI=1S/C19H26N6O.C3H8/c1-4-22-18(21-3)17(20)13(2)24-11-9-14(10-12-24)25-16-8-6-5-7-15(16)23-19(25)26;1-3-2/h4-8,14H,1,9-12,20H2,2-3H3,(H,21,22)(H,23,26);3H2,1-2H3/b17-13-;. The number of H-pyrrole nitrogens is 1. The van der Waals surface area contributed by atoms with Gasteiger partial charge in [0, 0.05) is 31.9 Å². The number of aromatic nitrogens is 2. The van der Waals surface area contributed by atoms with Crippen molar-refractivity contribution in [3.63, 3.8) is 0 Å². The number of likely N-dealkylation sites (tertiary alicyclic amines) is 1. The first kappa shape index (κ1) is 22.3. The highest BCUT2D eigenvalue weighted by Gasteiger charge is 2.24. The lowest BCUT2D eigenvalue weighted by atomic mass is 10.0. The van der Waals surface area contributed by atoms with Crippen molar-refractivity contribution >= 4 is 16.9 Å².